The number of rotatable bonds is 3. The van der Waals surface area contributed by atoms with Crippen LogP contribution in [0, 0.1) is 5.82 Å². The van der Waals surface area contributed by atoms with Crippen LogP contribution in [0.1, 0.15) is 18.4 Å². The number of aliphatic hydroxyl groups is 1. The molecule has 0 bridgehead atoms. The molecule has 0 spiro atoms. The van der Waals surface area contributed by atoms with Crippen LogP contribution >= 0.6 is 15.9 Å². The quantitative estimate of drug-likeness (QED) is 0.340. The van der Waals surface area contributed by atoms with Gasteiger partial charge >= 0.3 is 0 Å². The van der Waals surface area contributed by atoms with Crippen molar-refractivity contribution in [3.8, 4) is 0 Å². The van der Waals surface area contributed by atoms with Crippen LogP contribution in [0.25, 0.3) is 0 Å². The minimum absolute atomic E-state index is 0.000945. The zero-order chi connectivity index (χ0) is 14.0. The topological polar surface area (TPSA) is 82.1 Å². The average Bonchev–Trinajstić information content (AvgIpc) is 2.89. The van der Waals surface area contributed by atoms with E-state index in [1.165, 1.54) is 0 Å². The molecule has 1 atom stereocenters. The number of anilines is 1. The normalized spacial score (nSPS) is 20.1. The fourth-order valence-electron chi connectivity index (χ4n) is 2.36. The fourth-order valence-corrected chi connectivity index (χ4v) is 2.89. The Morgan fingerprint density at radius 3 is 2.95 bits per heavy atom. The van der Waals surface area contributed by atoms with E-state index in [1.54, 1.807) is 12.1 Å². The van der Waals surface area contributed by atoms with E-state index in [-0.39, 0.29) is 23.0 Å². The average molecular weight is 332 g/mol. The fraction of sp³-hybridized carbons (Fsp3) is 0.417. The third kappa shape index (κ3) is 2.52. The lowest BCUT2D eigenvalue weighted by molar-refractivity contribution is 0.266. The summed E-state index contributed by atoms with van der Waals surface area (Å²) in [5, 5.41) is 20.8. The molecule has 1 unspecified atom stereocenters. The van der Waals surface area contributed by atoms with Crippen molar-refractivity contribution in [2.24, 2.45) is 10.9 Å². The van der Waals surface area contributed by atoms with Gasteiger partial charge in [-0.05, 0) is 40.9 Å². The first-order valence-electron chi connectivity index (χ1n) is 5.93. The summed E-state index contributed by atoms with van der Waals surface area (Å²) in [7, 11) is 0. The highest BCUT2D eigenvalue weighted by Crippen LogP contribution is 2.33. The van der Waals surface area contributed by atoms with Gasteiger partial charge in [0, 0.05) is 12.1 Å². The first kappa shape index (κ1) is 14.1. The summed E-state index contributed by atoms with van der Waals surface area (Å²) in [5.74, 6) is -0.623. The number of amidine groups is 1. The molecule has 4 N–H and O–H groups in total. The lowest BCUT2D eigenvalue weighted by atomic mass is 10.1. The molecular weight excluding hydrogens is 317 g/mol. The van der Waals surface area contributed by atoms with Gasteiger partial charge < -0.3 is 20.9 Å². The van der Waals surface area contributed by atoms with Crippen molar-refractivity contribution in [3.63, 3.8) is 0 Å². The molecule has 0 aromatic heterocycles. The summed E-state index contributed by atoms with van der Waals surface area (Å²) in [6.45, 7) is 0.705. The summed E-state index contributed by atoms with van der Waals surface area (Å²) < 4.78 is 14.5. The van der Waals surface area contributed by atoms with E-state index in [9.17, 15) is 9.50 Å². The molecule has 1 heterocycles. The molecule has 1 aliphatic rings. The van der Waals surface area contributed by atoms with Gasteiger partial charge in [-0.15, -0.1) is 0 Å². The molecule has 2 rings (SSSR count). The Morgan fingerprint density at radius 2 is 2.32 bits per heavy atom. The van der Waals surface area contributed by atoms with Crippen molar-refractivity contribution in [3.05, 3.63) is 28.0 Å². The van der Waals surface area contributed by atoms with Crippen molar-refractivity contribution >= 4 is 27.5 Å². The number of aliphatic hydroxyl groups excluding tert-OH is 1. The minimum atomic E-state index is -0.468. The molecule has 1 aliphatic heterocycles. The zero-order valence-electron chi connectivity index (χ0n) is 10.2. The van der Waals surface area contributed by atoms with Crippen LogP contribution in [-0.2, 0) is 0 Å². The number of hydrogen-bond donors (Lipinski definition) is 3. The zero-order valence-corrected chi connectivity index (χ0v) is 11.8. The van der Waals surface area contributed by atoms with Crippen LogP contribution in [0.15, 0.2) is 21.8 Å². The molecule has 1 aromatic carbocycles. The van der Waals surface area contributed by atoms with Crippen molar-refractivity contribution in [2.75, 3.05) is 18.1 Å². The first-order chi connectivity index (χ1) is 9.10. The highest BCUT2D eigenvalue weighted by atomic mass is 79.9. The van der Waals surface area contributed by atoms with Gasteiger partial charge in [0.1, 0.15) is 0 Å². The van der Waals surface area contributed by atoms with Gasteiger partial charge in [0.2, 0.25) is 0 Å². The molecule has 19 heavy (non-hydrogen) atoms. The van der Waals surface area contributed by atoms with E-state index < -0.39 is 5.82 Å². The number of benzene rings is 1. The predicted octanol–water partition coefficient (Wildman–Crippen LogP) is 1.64. The van der Waals surface area contributed by atoms with E-state index in [0.717, 1.165) is 12.8 Å². The van der Waals surface area contributed by atoms with Crippen LogP contribution in [0.4, 0.5) is 10.1 Å². The third-order valence-corrected chi connectivity index (χ3v) is 4.12. The van der Waals surface area contributed by atoms with Crippen LogP contribution in [0.2, 0.25) is 0 Å². The number of nitrogens with two attached hydrogens (primary N) is 1. The van der Waals surface area contributed by atoms with Gasteiger partial charge in [-0.25, -0.2) is 4.39 Å². The van der Waals surface area contributed by atoms with Crippen molar-refractivity contribution < 1.29 is 14.7 Å². The summed E-state index contributed by atoms with van der Waals surface area (Å²) >= 11 is 3.13. The highest BCUT2D eigenvalue weighted by molar-refractivity contribution is 9.10. The van der Waals surface area contributed by atoms with Crippen LogP contribution < -0.4 is 10.6 Å². The Hall–Kier alpha value is -1.34. The number of halogens is 2. The van der Waals surface area contributed by atoms with Gasteiger partial charge in [-0.1, -0.05) is 5.16 Å². The maximum atomic E-state index is 14.4. The second kappa shape index (κ2) is 5.75. The smallest absolute Gasteiger partial charge is 0.171 e. The Morgan fingerprint density at radius 1 is 1.58 bits per heavy atom. The van der Waals surface area contributed by atoms with E-state index in [0.29, 0.717) is 17.8 Å². The molecule has 0 saturated carbocycles. The summed E-state index contributed by atoms with van der Waals surface area (Å²) in [6.07, 6.45) is 1.76. The first-order valence-corrected chi connectivity index (χ1v) is 6.72. The molecule has 1 aromatic rings. The minimum Gasteiger partial charge on any atom is -0.409 e. The van der Waals surface area contributed by atoms with Gasteiger partial charge in [0.25, 0.3) is 0 Å². The SMILES string of the molecule is N/C(=N/O)c1ccc(N2CCCC2CO)c(F)c1Br. The van der Waals surface area contributed by atoms with Gasteiger partial charge in [0.15, 0.2) is 11.7 Å². The van der Waals surface area contributed by atoms with E-state index in [4.69, 9.17) is 10.9 Å². The third-order valence-electron chi connectivity index (χ3n) is 3.34. The van der Waals surface area contributed by atoms with Crippen LogP contribution in [-0.4, -0.2) is 35.3 Å². The van der Waals surface area contributed by atoms with Gasteiger partial charge in [0.05, 0.1) is 22.8 Å². The molecular formula is C12H15BrFN3O2. The van der Waals surface area contributed by atoms with E-state index >= 15 is 0 Å². The molecule has 0 aliphatic carbocycles. The highest BCUT2D eigenvalue weighted by Gasteiger charge is 2.27. The van der Waals surface area contributed by atoms with Gasteiger partial charge in [-0.3, -0.25) is 0 Å². The van der Waals surface area contributed by atoms with Gasteiger partial charge in [-0.2, -0.15) is 0 Å². The second-order valence-electron chi connectivity index (χ2n) is 4.42. The monoisotopic (exact) mass is 331 g/mol. The molecule has 1 saturated heterocycles. The number of oxime groups is 1. The molecule has 5 nitrogen and oxygen atoms in total. The van der Waals surface area contributed by atoms with Crippen molar-refractivity contribution in [1.82, 2.24) is 0 Å². The summed E-state index contributed by atoms with van der Waals surface area (Å²) in [6, 6.07) is 3.11. The Bertz CT molecular complexity index is 510. The Kier molecular flexibility index (Phi) is 4.26. The second-order valence-corrected chi connectivity index (χ2v) is 5.21. The van der Waals surface area contributed by atoms with Crippen molar-refractivity contribution in [2.45, 2.75) is 18.9 Å². The molecule has 7 heteroatoms. The standard InChI is InChI=1S/C12H15BrFN3O2/c13-10-8(12(15)16-19)3-4-9(11(10)14)17-5-1-2-7(17)6-18/h3-4,7,18-19H,1-2,5-6H2,(H2,15,16). The summed E-state index contributed by atoms with van der Waals surface area (Å²) in [5.41, 5.74) is 6.18. The molecule has 0 radical (unpaired) electrons. The lowest BCUT2D eigenvalue weighted by Crippen LogP contribution is -2.33. The molecule has 1 fully saturated rings. The predicted molar refractivity (Wildman–Crippen MR) is 74.1 cm³/mol. The lowest BCUT2D eigenvalue weighted by Gasteiger charge is -2.26. The van der Waals surface area contributed by atoms with Crippen LogP contribution in [0.5, 0.6) is 0 Å². The largest absolute Gasteiger partial charge is 0.409 e. The number of hydrogen-bond acceptors (Lipinski definition) is 4. The maximum Gasteiger partial charge on any atom is 0.171 e. The number of nitrogens with zero attached hydrogens (tertiary/aromatic N) is 2. The Labute approximate surface area is 118 Å². The molecule has 0 amide bonds. The van der Waals surface area contributed by atoms with E-state index in [1.807, 2.05) is 4.90 Å². The van der Waals surface area contributed by atoms with E-state index in [2.05, 4.69) is 21.1 Å². The van der Waals surface area contributed by atoms with Crippen molar-refractivity contribution in [1.29, 1.82) is 0 Å². The maximum absolute atomic E-state index is 14.4. The molecule has 104 valence electrons. The van der Waals surface area contributed by atoms with Crippen LogP contribution in [0.3, 0.4) is 0 Å². The summed E-state index contributed by atoms with van der Waals surface area (Å²) in [4.78, 5) is 1.84. The Balaban J connectivity index is 2.41.